The fraction of sp³-hybridized carbons (Fsp3) is 0.448. The number of aliphatic hydroxyl groups is 1. The quantitative estimate of drug-likeness (QED) is 0.253. The molecule has 8 nitrogen and oxygen atoms in total. The van der Waals surface area contributed by atoms with Crippen LogP contribution in [0, 0.1) is 0 Å². The molecule has 1 amide bonds. The molecule has 0 bridgehead atoms. The van der Waals surface area contributed by atoms with Gasteiger partial charge in [0.1, 0.15) is 23.0 Å². The third-order valence-corrected chi connectivity index (χ3v) is 6.54. The van der Waals surface area contributed by atoms with Crippen molar-refractivity contribution in [3.8, 4) is 17.2 Å². The maximum Gasteiger partial charge on any atom is 0.295 e. The lowest BCUT2D eigenvalue weighted by Gasteiger charge is -2.28. The molecule has 0 aromatic heterocycles. The zero-order chi connectivity index (χ0) is 27.1. The Morgan fingerprint density at radius 1 is 1.00 bits per heavy atom. The van der Waals surface area contributed by atoms with Crippen LogP contribution >= 0.6 is 0 Å². The van der Waals surface area contributed by atoms with Gasteiger partial charge in [0.2, 0.25) is 0 Å². The van der Waals surface area contributed by atoms with Gasteiger partial charge >= 0.3 is 0 Å². The Balaban J connectivity index is 2.10. The third kappa shape index (κ3) is 6.25. The van der Waals surface area contributed by atoms with Crippen LogP contribution in [0.4, 0.5) is 0 Å². The standard InChI is InChI=1S/C29H38N2O6/c1-7-30(8-2)16-9-17-31-26(23-18-22(35-5)14-15-24(23)36-6)25(28(33)29(31)34)27(32)20-10-12-21(13-11-20)37-19(3)4/h10-15,18-19,26,32H,7-9,16-17H2,1-6H3/t26-/m0/s1. The van der Waals surface area contributed by atoms with E-state index in [-0.39, 0.29) is 17.4 Å². The number of benzene rings is 2. The second-order valence-corrected chi connectivity index (χ2v) is 9.17. The zero-order valence-corrected chi connectivity index (χ0v) is 22.6. The number of hydrogen-bond donors (Lipinski definition) is 1. The van der Waals surface area contributed by atoms with E-state index >= 15 is 0 Å². The number of carbonyl (C=O) groups is 2. The molecule has 8 heteroatoms. The maximum atomic E-state index is 13.4. The van der Waals surface area contributed by atoms with Crippen molar-refractivity contribution < 1.29 is 28.9 Å². The molecule has 1 aliphatic rings. The van der Waals surface area contributed by atoms with E-state index in [1.807, 2.05) is 13.8 Å². The fourth-order valence-electron chi connectivity index (χ4n) is 4.61. The SMILES string of the molecule is CCN(CC)CCCN1C(=O)C(=O)C(=C(O)c2ccc(OC(C)C)cc2)[C@@H]1c1cc(OC)ccc1OC. The lowest BCUT2D eigenvalue weighted by Crippen LogP contribution is -2.33. The summed E-state index contributed by atoms with van der Waals surface area (Å²) in [7, 11) is 3.08. The maximum absolute atomic E-state index is 13.4. The topological polar surface area (TPSA) is 88.5 Å². The van der Waals surface area contributed by atoms with E-state index < -0.39 is 17.7 Å². The number of carbonyl (C=O) groups excluding carboxylic acids is 2. The highest BCUT2D eigenvalue weighted by molar-refractivity contribution is 6.46. The first kappa shape index (κ1) is 28.1. The molecule has 0 radical (unpaired) electrons. The van der Waals surface area contributed by atoms with E-state index in [0.29, 0.717) is 41.3 Å². The summed E-state index contributed by atoms with van der Waals surface area (Å²) >= 11 is 0. The normalized spacial score (nSPS) is 17.1. The van der Waals surface area contributed by atoms with Gasteiger partial charge in [-0.3, -0.25) is 9.59 Å². The summed E-state index contributed by atoms with van der Waals surface area (Å²) in [5.74, 6) is 0.0890. The van der Waals surface area contributed by atoms with E-state index in [0.717, 1.165) is 19.6 Å². The van der Waals surface area contributed by atoms with E-state index in [1.165, 1.54) is 12.0 Å². The largest absolute Gasteiger partial charge is 0.507 e. The number of rotatable bonds is 12. The Morgan fingerprint density at radius 3 is 2.22 bits per heavy atom. The minimum Gasteiger partial charge on any atom is -0.507 e. The number of amides is 1. The molecule has 1 fully saturated rings. The predicted octanol–water partition coefficient (Wildman–Crippen LogP) is 4.64. The Bertz CT molecular complexity index is 1120. The van der Waals surface area contributed by atoms with Crippen molar-refractivity contribution in [1.82, 2.24) is 9.80 Å². The van der Waals surface area contributed by atoms with Gasteiger partial charge in [0.25, 0.3) is 11.7 Å². The van der Waals surface area contributed by atoms with Crippen LogP contribution in [0.25, 0.3) is 5.76 Å². The first-order valence-corrected chi connectivity index (χ1v) is 12.7. The Morgan fingerprint density at radius 2 is 1.65 bits per heavy atom. The van der Waals surface area contributed by atoms with Crippen molar-refractivity contribution in [3.63, 3.8) is 0 Å². The monoisotopic (exact) mass is 510 g/mol. The number of nitrogens with zero attached hydrogens (tertiary/aromatic N) is 2. The number of methoxy groups -OCH3 is 2. The van der Waals surface area contributed by atoms with Gasteiger partial charge in [0, 0.05) is 17.7 Å². The lowest BCUT2D eigenvalue weighted by molar-refractivity contribution is -0.140. The molecule has 3 rings (SSSR count). The van der Waals surface area contributed by atoms with Crippen molar-refractivity contribution in [1.29, 1.82) is 0 Å². The van der Waals surface area contributed by atoms with E-state index in [4.69, 9.17) is 14.2 Å². The van der Waals surface area contributed by atoms with Crippen LogP contribution in [0.2, 0.25) is 0 Å². The minimum atomic E-state index is -0.826. The summed E-state index contributed by atoms with van der Waals surface area (Å²) in [6.07, 6.45) is 0.681. The second kappa shape index (κ2) is 12.6. The van der Waals surface area contributed by atoms with Crippen LogP contribution in [0.15, 0.2) is 48.0 Å². The molecule has 1 aliphatic heterocycles. The van der Waals surface area contributed by atoms with Crippen molar-refractivity contribution in [2.45, 2.75) is 46.3 Å². The minimum absolute atomic E-state index is 0.00152. The molecule has 2 aromatic rings. The fourth-order valence-corrected chi connectivity index (χ4v) is 4.61. The summed E-state index contributed by atoms with van der Waals surface area (Å²) in [6, 6.07) is 11.2. The van der Waals surface area contributed by atoms with Crippen LogP contribution in [-0.2, 0) is 9.59 Å². The van der Waals surface area contributed by atoms with Crippen LogP contribution in [-0.4, -0.2) is 73.1 Å². The van der Waals surface area contributed by atoms with Crippen molar-refractivity contribution in [3.05, 3.63) is 59.2 Å². The number of ether oxygens (including phenoxy) is 3. The van der Waals surface area contributed by atoms with Gasteiger partial charge in [-0.15, -0.1) is 0 Å². The van der Waals surface area contributed by atoms with Crippen LogP contribution in [0.3, 0.4) is 0 Å². The van der Waals surface area contributed by atoms with Gasteiger partial charge < -0.3 is 29.1 Å². The highest BCUT2D eigenvalue weighted by atomic mass is 16.5. The van der Waals surface area contributed by atoms with Crippen molar-refractivity contribution >= 4 is 17.4 Å². The predicted molar refractivity (Wildman–Crippen MR) is 143 cm³/mol. The van der Waals surface area contributed by atoms with Gasteiger partial charge in [0.15, 0.2) is 0 Å². The molecule has 0 aliphatic carbocycles. The molecule has 1 N–H and O–H groups in total. The number of aliphatic hydroxyl groups excluding tert-OH is 1. The van der Waals surface area contributed by atoms with E-state index in [9.17, 15) is 14.7 Å². The second-order valence-electron chi connectivity index (χ2n) is 9.17. The van der Waals surface area contributed by atoms with Crippen molar-refractivity contribution in [2.75, 3.05) is 40.4 Å². The Kier molecular flexibility index (Phi) is 9.58. The third-order valence-electron chi connectivity index (χ3n) is 6.54. The van der Waals surface area contributed by atoms with Crippen LogP contribution < -0.4 is 14.2 Å². The molecular formula is C29H38N2O6. The molecule has 0 spiro atoms. The van der Waals surface area contributed by atoms with Crippen LogP contribution in [0.5, 0.6) is 17.2 Å². The van der Waals surface area contributed by atoms with Crippen LogP contribution in [0.1, 0.15) is 51.3 Å². The molecule has 1 saturated heterocycles. The summed E-state index contributed by atoms with van der Waals surface area (Å²) < 4.78 is 16.7. The zero-order valence-electron chi connectivity index (χ0n) is 22.6. The highest BCUT2D eigenvalue weighted by Gasteiger charge is 2.47. The molecule has 2 aromatic carbocycles. The van der Waals surface area contributed by atoms with Gasteiger partial charge in [-0.05, 0) is 82.4 Å². The smallest absolute Gasteiger partial charge is 0.295 e. The Hall–Kier alpha value is -3.52. The average Bonchev–Trinajstić information content (AvgIpc) is 3.15. The summed E-state index contributed by atoms with van der Waals surface area (Å²) in [5, 5.41) is 11.4. The average molecular weight is 511 g/mol. The van der Waals surface area contributed by atoms with Gasteiger partial charge in [0.05, 0.1) is 31.9 Å². The number of Topliss-reactive ketones (excluding diaryl/α,β-unsaturated/α-hetero) is 1. The molecule has 1 atom stereocenters. The first-order chi connectivity index (χ1) is 17.7. The Labute approximate surface area is 219 Å². The molecule has 37 heavy (non-hydrogen) atoms. The summed E-state index contributed by atoms with van der Waals surface area (Å²) in [6.45, 7) is 11.0. The number of ketones is 1. The number of likely N-dealkylation sites (tertiary alicyclic amines) is 1. The lowest BCUT2D eigenvalue weighted by atomic mass is 9.94. The molecular weight excluding hydrogens is 472 g/mol. The summed E-state index contributed by atoms with van der Waals surface area (Å²) in [4.78, 5) is 30.5. The first-order valence-electron chi connectivity index (χ1n) is 12.7. The van der Waals surface area contributed by atoms with Gasteiger partial charge in [-0.1, -0.05) is 13.8 Å². The van der Waals surface area contributed by atoms with Gasteiger partial charge in [-0.2, -0.15) is 0 Å². The van der Waals surface area contributed by atoms with E-state index in [1.54, 1.807) is 49.6 Å². The summed E-state index contributed by atoms with van der Waals surface area (Å²) in [5.41, 5.74) is 1.02. The van der Waals surface area contributed by atoms with E-state index in [2.05, 4.69) is 18.7 Å². The molecule has 1 heterocycles. The number of hydrogen-bond acceptors (Lipinski definition) is 7. The van der Waals surface area contributed by atoms with Crippen molar-refractivity contribution in [2.24, 2.45) is 0 Å². The van der Waals surface area contributed by atoms with Gasteiger partial charge in [-0.25, -0.2) is 0 Å². The molecule has 0 saturated carbocycles. The highest BCUT2D eigenvalue weighted by Crippen LogP contribution is 2.44. The molecule has 0 unspecified atom stereocenters. The molecule has 200 valence electrons.